The van der Waals surface area contributed by atoms with E-state index >= 15 is 0 Å². The Balaban J connectivity index is 2.71. The number of aromatic carboxylic acids is 1. The Labute approximate surface area is 101 Å². The van der Waals surface area contributed by atoms with Crippen LogP contribution in [0.5, 0.6) is 0 Å². The fourth-order valence-corrected chi connectivity index (χ4v) is 2.74. The van der Waals surface area contributed by atoms with E-state index in [-0.39, 0.29) is 10.9 Å². The zero-order chi connectivity index (χ0) is 12.6. The van der Waals surface area contributed by atoms with E-state index in [1.165, 1.54) is 16.7 Å². The molecule has 0 atom stereocenters. The standard InChI is InChI=1S/C11H12N2O3S/c1-5(2)3-7-9-8(10(14)13-12-7)6(4-17-9)11(15)16/h4-5H,3H2,1-2H3,(H,13,14)(H,15,16). The van der Waals surface area contributed by atoms with E-state index in [1.54, 1.807) is 0 Å². The van der Waals surface area contributed by atoms with Crippen LogP contribution in [0.4, 0.5) is 0 Å². The van der Waals surface area contributed by atoms with Gasteiger partial charge in [-0.2, -0.15) is 5.10 Å². The molecule has 0 bridgehead atoms. The van der Waals surface area contributed by atoms with E-state index in [0.29, 0.717) is 17.0 Å². The van der Waals surface area contributed by atoms with Gasteiger partial charge in [-0.3, -0.25) is 4.79 Å². The molecule has 17 heavy (non-hydrogen) atoms. The second-order valence-electron chi connectivity index (χ2n) is 4.26. The van der Waals surface area contributed by atoms with Crippen LogP contribution in [-0.4, -0.2) is 21.3 Å². The number of thiophene rings is 1. The van der Waals surface area contributed by atoms with Crippen LogP contribution in [0.2, 0.25) is 0 Å². The van der Waals surface area contributed by atoms with Gasteiger partial charge in [-0.05, 0) is 12.3 Å². The first-order valence-corrected chi connectivity index (χ1v) is 6.10. The molecule has 0 aliphatic heterocycles. The summed E-state index contributed by atoms with van der Waals surface area (Å²) in [6, 6.07) is 0. The fraction of sp³-hybridized carbons (Fsp3) is 0.364. The Morgan fingerprint density at radius 2 is 2.29 bits per heavy atom. The maximum absolute atomic E-state index is 11.6. The second kappa shape index (κ2) is 4.29. The van der Waals surface area contributed by atoms with Crippen molar-refractivity contribution in [3.05, 3.63) is 27.0 Å². The van der Waals surface area contributed by atoms with E-state index in [9.17, 15) is 9.59 Å². The van der Waals surface area contributed by atoms with Gasteiger partial charge in [0.25, 0.3) is 5.56 Å². The van der Waals surface area contributed by atoms with E-state index in [4.69, 9.17) is 5.11 Å². The van der Waals surface area contributed by atoms with E-state index in [0.717, 1.165) is 5.69 Å². The van der Waals surface area contributed by atoms with Crippen molar-refractivity contribution in [2.75, 3.05) is 0 Å². The average Bonchev–Trinajstić information content (AvgIpc) is 2.67. The summed E-state index contributed by atoms with van der Waals surface area (Å²) in [4.78, 5) is 22.6. The van der Waals surface area contributed by atoms with Gasteiger partial charge < -0.3 is 5.11 Å². The minimum Gasteiger partial charge on any atom is -0.478 e. The average molecular weight is 252 g/mol. The topological polar surface area (TPSA) is 83.0 Å². The van der Waals surface area contributed by atoms with Crippen LogP contribution >= 0.6 is 11.3 Å². The highest BCUT2D eigenvalue weighted by Crippen LogP contribution is 2.26. The zero-order valence-corrected chi connectivity index (χ0v) is 10.3. The first-order chi connectivity index (χ1) is 8.00. The molecule has 0 saturated carbocycles. The minimum atomic E-state index is -1.08. The smallest absolute Gasteiger partial charge is 0.337 e. The highest BCUT2D eigenvalue weighted by atomic mass is 32.1. The zero-order valence-electron chi connectivity index (χ0n) is 9.48. The first kappa shape index (κ1) is 11.8. The number of carboxylic acid groups (broad SMARTS) is 1. The van der Waals surface area contributed by atoms with Gasteiger partial charge in [-0.15, -0.1) is 11.3 Å². The number of carbonyl (C=O) groups is 1. The van der Waals surface area contributed by atoms with Gasteiger partial charge in [0.1, 0.15) is 0 Å². The molecule has 0 fully saturated rings. The monoisotopic (exact) mass is 252 g/mol. The van der Waals surface area contributed by atoms with Crippen LogP contribution in [0.25, 0.3) is 10.1 Å². The van der Waals surface area contributed by atoms with E-state index < -0.39 is 11.5 Å². The molecule has 2 N–H and O–H groups in total. The van der Waals surface area contributed by atoms with Crippen molar-refractivity contribution in [3.8, 4) is 0 Å². The molecule has 0 radical (unpaired) electrons. The summed E-state index contributed by atoms with van der Waals surface area (Å²) in [5, 5.41) is 17.1. The number of hydrogen-bond acceptors (Lipinski definition) is 4. The molecule has 0 amide bonds. The molecule has 0 aromatic carbocycles. The largest absolute Gasteiger partial charge is 0.478 e. The molecular formula is C11H12N2O3S. The van der Waals surface area contributed by atoms with Crippen molar-refractivity contribution in [2.24, 2.45) is 5.92 Å². The highest BCUT2D eigenvalue weighted by molar-refractivity contribution is 7.17. The maximum Gasteiger partial charge on any atom is 0.337 e. The molecule has 0 spiro atoms. The quantitative estimate of drug-likeness (QED) is 0.873. The SMILES string of the molecule is CC(C)Cc1n[nH]c(=O)c2c(C(=O)O)csc12. The molecule has 0 aliphatic carbocycles. The number of aromatic nitrogens is 2. The van der Waals surface area contributed by atoms with Crippen LogP contribution < -0.4 is 5.56 Å². The minimum absolute atomic E-state index is 0.0543. The van der Waals surface area contributed by atoms with Gasteiger partial charge in [0, 0.05) is 5.38 Å². The highest BCUT2D eigenvalue weighted by Gasteiger charge is 2.17. The fourth-order valence-electron chi connectivity index (χ4n) is 1.70. The Morgan fingerprint density at radius 3 is 2.88 bits per heavy atom. The maximum atomic E-state index is 11.6. The lowest BCUT2D eigenvalue weighted by Gasteiger charge is -2.04. The number of carboxylic acids is 1. The molecule has 2 heterocycles. The number of nitrogens with one attached hydrogen (secondary N) is 1. The van der Waals surface area contributed by atoms with Crippen molar-refractivity contribution in [1.82, 2.24) is 10.2 Å². The van der Waals surface area contributed by atoms with Crippen LogP contribution in [0.3, 0.4) is 0 Å². The van der Waals surface area contributed by atoms with Gasteiger partial charge in [-0.1, -0.05) is 13.8 Å². The predicted octanol–water partition coefficient (Wildman–Crippen LogP) is 1.88. The van der Waals surface area contributed by atoms with E-state index in [2.05, 4.69) is 10.2 Å². The third-order valence-electron chi connectivity index (χ3n) is 2.40. The molecule has 0 saturated heterocycles. The van der Waals surface area contributed by atoms with Crippen molar-refractivity contribution in [3.63, 3.8) is 0 Å². The normalized spacial score (nSPS) is 11.2. The van der Waals surface area contributed by atoms with Crippen molar-refractivity contribution < 1.29 is 9.90 Å². The summed E-state index contributed by atoms with van der Waals surface area (Å²) in [6.07, 6.45) is 0.715. The lowest BCUT2D eigenvalue weighted by molar-refractivity contribution is 0.0699. The number of nitrogens with zero attached hydrogens (tertiary/aromatic N) is 1. The van der Waals surface area contributed by atoms with Gasteiger partial charge >= 0.3 is 5.97 Å². The molecule has 0 aliphatic rings. The summed E-state index contributed by atoms with van der Waals surface area (Å²) in [7, 11) is 0. The lowest BCUT2D eigenvalue weighted by atomic mass is 10.1. The summed E-state index contributed by atoms with van der Waals surface area (Å²) >= 11 is 1.26. The number of hydrogen-bond donors (Lipinski definition) is 2. The van der Waals surface area contributed by atoms with Gasteiger partial charge in [0.05, 0.1) is 21.3 Å². The molecule has 6 heteroatoms. The number of aromatic amines is 1. The van der Waals surface area contributed by atoms with Crippen molar-refractivity contribution in [2.45, 2.75) is 20.3 Å². The van der Waals surface area contributed by atoms with Crippen LogP contribution in [0.1, 0.15) is 29.9 Å². The van der Waals surface area contributed by atoms with E-state index in [1.807, 2.05) is 13.8 Å². The summed E-state index contributed by atoms with van der Waals surface area (Å²) < 4.78 is 0.680. The number of fused-ring (bicyclic) bond motifs is 1. The Hall–Kier alpha value is -1.69. The molecule has 90 valence electrons. The molecule has 5 nitrogen and oxygen atoms in total. The molecule has 2 aromatic heterocycles. The van der Waals surface area contributed by atoms with Gasteiger partial charge in [0.15, 0.2) is 0 Å². The molecule has 2 aromatic rings. The second-order valence-corrected chi connectivity index (χ2v) is 5.14. The molecular weight excluding hydrogens is 240 g/mol. The Bertz CT molecular complexity index is 627. The summed E-state index contributed by atoms with van der Waals surface area (Å²) in [6.45, 7) is 4.09. The molecule has 2 rings (SSSR count). The van der Waals surface area contributed by atoms with Crippen molar-refractivity contribution in [1.29, 1.82) is 0 Å². The third kappa shape index (κ3) is 2.08. The lowest BCUT2D eigenvalue weighted by Crippen LogP contribution is -2.13. The predicted molar refractivity (Wildman–Crippen MR) is 65.7 cm³/mol. The van der Waals surface area contributed by atoms with Crippen LogP contribution in [0.15, 0.2) is 10.2 Å². The summed E-state index contributed by atoms with van der Waals surface area (Å²) in [5.74, 6) is -0.685. The number of H-pyrrole nitrogens is 1. The Kier molecular flexibility index (Phi) is 2.97. The van der Waals surface area contributed by atoms with Crippen LogP contribution in [0, 0.1) is 5.92 Å². The van der Waals surface area contributed by atoms with Crippen LogP contribution in [-0.2, 0) is 6.42 Å². The summed E-state index contributed by atoms with van der Waals surface area (Å²) in [5.41, 5.74) is 0.372. The third-order valence-corrected chi connectivity index (χ3v) is 3.43. The molecule has 0 unspecified atom stereocenters. The number of rotatable bonds is 3. The first-order valence-electron chi connectivity index (χ1n) is 5.22. The van der Waals surface area contributed by atoms with Crippen molar-refractivity contribution >= 4 is 27.4 Å². The van der Waals surface area contributed by atoms with Gasteiger partial charge in [0.2, 0.25) is 0 Å². The Morgan fingerprint density at radius 1 is 1.59 bits per heavy atom. The van der Waals surface area contributed by atoms with Gasteiger partial charge in [-0.25, -0.2) is 9.89 Å².